The predicted molar refractivity (Wildman–Crippen MR) is 81.8 cm³/mol. The standard InChI is InChI=1S/C16H17N5/c1-2-5-11(6-3-1)14(12-7-4-8-12)20-15-13-9-19-21-16(13)18-10-17-15/h1-3,5-6,9-10,12,14H,4,7-8H2,(H2,17,18,19,20,21). The van der Waals surface area contributed by atoms with Crippen LogP contribution in [0.4, 0.5) is 5.82 Å². The number of H-pyrrole nitrogens is 1. The van der Waals surface area contributed by atoms with Crippen LogP contribution < -0.4 is 5.32 Å². The lowest BCUT2D eigenvalue weighted by Crippen LogP contribution is -2.26. The summed E-state index contributed by atoms with van der Waals surface area (Å²) in [7, 11) is 0. The molecular formula is C16H17N5. The molecule has 0 spiro atoms. The van der Waals surface area contributed by atoms with Gasteiger partial charge >= 0.3 is 0 Å². The first-order valence-corrected chi connectivity index (χ1v) is 7.37. The Morgan fingerprint density at radius 2 is 2.00 bits per heavy atom. The topological polar surface area (TPSA) is 66.5 Å². The van der Waals surface area contributed by atoms with E-state index in [4.69, 9.17) is 0 Å². The summed E-state index contributed by atoms with van der Waals surface area (Å²) in [5, 5.41) is 11.5. The lowest BCUT2D eigenvalue weighted by atomic mass is 9.77. The molecule has 0 bridgehead atoms. The Morgan fingerprint density at radius 3 is 2.76 bits per heavy atom. The molecular weight excluding hydrogens is 262 g/mol. The van der Waals surface area contributed by atoms with Gasteiger partial charge in [-0.05, 0) is 24.3 Å². The Kier molecular flexibility index (Phi) is 3.03. The zero-order valence-corrected chi connectivity index (χ0v) is 11.7. The average Bonchev–Trinajstić information content (AvgIpc) is 2.95. The van der Waals surface area contributed by atoms with E-state index < -0.39 is 0 Å². The first-order valence-electron chi connectivity index (χ1n) is 7.37. The smallest absolute Gasteiger partial charge is 0.160 e. The summed E-state index contributed by atoms with van der Waals surface area (Å²) in [5.74, 6) is 1.53. The molecule has 5 nitrogen and oxygen atoms in total. The Hall–Kier alpha value is -2.43. The minimum atomic E-state index is 0.299. The van der Waals surface area contributed by atoms with Crippen molar-refractivity contribution in [2.75, 3.05) is 5.32 Å². The molecule has 106 valence electrons. The molecule has 0 radical (unpaired) electrons. The number of anilines is 1. The van der Waals surface area contributed by atoms with Crippen LogP contribution in [0.3, 0.4) is 0 Å². The van der Waals surface area contributed by atoms with Gasteiger partial charge in [-0.1, -0.05) is 36.8 Å². The quantitative estimate of drug-likeness (QED) is 0.769. The highest BCUT2D eigenvalue weighted by Crippen LogP contribution is 2.40. The number of fused-ring (bicyclic) bond motifs is 1. The van der Waals surface area contributed by atoms with E-state index in [1.807, 2.05) is 0 Å². The van der Waals surface area contributed by atoms with Crippen LogP contribution in [-0.4, -0.2) is 20.2 Å². The van der Waals surface area contributed by atoms with Crippen LogP contribution in [0, 0.1) is 5.92 Å². The molecule has 4 rings (SSSR count). The maximum atomic E-state index is 4.40. The number of aromatic amines is 1. The molecule has 1 aromatic carbocycles. The summed E-state index contributed by atoms with van der Waals surface area (Å²) in [5.41, 5.74) is 2.09. The Labute approximate surface area is 122 Å². The minimum Gasteiger partial charge on any atom is -0.362 e. The van der Waals surface area contributed by atoms with E-state index in [9.17, 15) is 0 Å². The van der Waals surface area contributed by atoms with Gasteiger partial charge in [0, 0.05) is 0 Å². The van der Waals surface area contributed by atoms with Crippen molar-refractivity contribution in [1.82, 2.24) is 20.2 Å². The molecule has 0 aliphatic heterocycles. The van der Waals surface area contributed by atoms with Crippen molar-refractivity contribution < 1.29 is 0 Å². The Bertz CT molecular complexity index is 733. The van der Waals surface area contributed by atoms with Gasteiger partial charge < -0.3 is 5.32 Å². The van der Waals surface area contributed by atoms with Gasteiger partial charge in [-0.3, -0.25) is 5.10 Å². The van der Waals surface area contributed by atoms with Gasteiger partial charge in [-0.2, -0.15) is 5.10 Å². The SMILES string of the molecule is c1ccc(C(Nc2ncnc3[nH]ncc23)C2CCC2)cc1. The van der Waals surface area contributed by atoms with Crippen molar-refractivity contribution in [2.24, 2.45) is 5.92 Å². The maximum absolute atomic E-state index is 4.40. The summed E-state index contributed by atoms with van der Waals surface area (Å²) in [6.07, 6.45) is 7.21. The van der Waals surface area contributed by atoms with Crippen LogP contribution in [0.2, 0.25) is 0 Å². The van der Waals surface area contributed by atoms with E-state index >= 15 is 0 Å². The molecule has 5 heteroatoms. The lowest BCUT2D eigenvalue weighted by molar-refractivity contribution is 0.277. The second kappa shape index (κ2) is 5.16. The number of nitrogens with one attached hydrogen (secondary N) is 2. The molecule has 1 fully saturated rings. The summed E-state index contributed by atoms with van der Waals surface area (Å²) in [6, 6.07) is 10.9. The van der Waals surface area contributed by atoms with E-state index in [1.54, 1.807) is 12.5 Å². The molecule has 1 aliphatic rings. The van der Waals surface area contributed by atoms with Gasteiger partial charge in [0.15, 0.2) is 5.65 Å². The summed E-state index contributed by atoms with van der Waals surface area (Å²) in [4.78, 5) is 8.59. The molecule has 0 amide bonds. The van der Waals surface area contributed by atoms with E-state index in [0.29, 0.717) is 12.0 Å². The summed E-state index contributed by atoms with van der Waals surface area (Å²) < 4.78 is 0. The molecule has 0 saturated heterocycles. The molecule has 2 aromatic heterocycles. The van der Waals surface area contributed by atoms with Crippen LogP contribution in [0.1, 0.15) is 30.9 Å². The van der Waals surface area contributed by atoms with Gasteiger partial charge in [-0.25, -0.2) is 9.97 Å². The zero-order chi connectivity index (χ0) is 14.1. The van der Waals surface area contributed by atoms with E-state index in [1.165, 1.54) is 24.8 Å². The number of rotatable bonds is 4. The second-order valence-electron chi connectivity index (χ2n) is 5.58. The van der Waals surface area contributed by atoms with E-state index in [-0.39, 0.29) is 0 Å². The van der Waals surface area contributed by atoms with Crippen molar-refractivity contribution in [2.45, 2.75) is 25.3 Å². The van der Waals surface area contributed by atoms with Crippen LogP contribution >= 0.6 is 0 Å². The van der Waals surface area contributed by atoms with Crippen LogP contribution in [0.15, 0.2) is 42.9 Å². The fourth-order valence-electron chi connectivity index (χ4n) is 2.93. The molecule has 1 saturated carbocycles. The molecule has 21 heavy (non-hydrogen) atoms. The van der Waals surface area contributed by atoms with Gasteiger partial charge in [0.1, 0.15) is 12.1 Å². The minimum absolute atomic E-state index is 0.299. The third-order valence-corrected chi connectivity index (χ3v) is 4.32. The van der Waals surface area contributed by atoms with Gasteiger partial charge in [0.2, 0.25) is 0 Å². The first-order chi connectivity index (χ1) is 10.4. The fourth-order valence-corrected chi connectivity index (χ4v) is 2.93. The van der Waals surface area contributed by atoms with Crippen molar-refractivity contribution in [3.8, 4) is 0 Å². The number of benzene rings is 1. The lowest BCUT2D eigenvalue weighted by Gasteiger charge is -2.35. The largest absolute Gasteiger partial charge is 0.362 e. The number of hydrogen-bond acceptors (Lipinski definition) is 4. The molecule has 1 atom stereocenters. The molecule has 2 N–H and O–H groups in total. The average molecular weight is 279 g/mol. The van der Waals surface area contributed by atoms with Crippen molar-refractivity contribution in [1.29, 1.82) is 0 Å². The monoisotopic (exact) mass is 279 g/mol. The van der Waals surface area contributed by atoms with E-state index in [2.05, 4.69) is 55.8 Å². The first kappa shape index (κ1) is 12.3. The normalized spacial score (nSPS) is 16.6. The molecule has 3 aromatic rings. The Balaban J connectivity index is 1.70. The van der Waals surface area contributed by atoms with Crippen LogP contribution in [0.25, 0.3) is 11.0 Å². The molecule has 1 unspecified atom stereocenters. The van der Waals surface area contributed by atoms with Gasteiger partial charge in [0.05, 0.1) is 17.6 Å². The second-order valence-corrected chi connectivity index (χ2v) is 5.58. The number of aromatic nitrogens is 4. The van der Waals surface area contributed by atoms with Crippen molar-refractivity contribution in [3.05, 3.63) is 48.4 Å². The van der Waals surface area contributed by atoms with Crippen LogP contribution in [-0.2, 0) is 0 Å². The third-order valence-electron chi connectivity index (χ3n) is 4.32. The fraction of sp³-hybridized carbons (Fsp3) is 0.312. The number of nitrogens with zero attached hydrogens (tertiary/aromatic N) is 3. The van der Waals surface area contributed by atoms with E-state index in [0.717, 1.165) is 16.9 Å². The van der Waals surface area contributed by atoms with Gasteiger partial charge in [-0.15, -0.1) is 0 Å². The summed E-state index contributed by atoms with van der Waals surface area (Å²) in [6.45, 7) is 0. The third kappa shape index (κ3) is 2.24. The highest BCUT2D eigenvalue weighted by molar-refractivity contribution is 5.85. The maximum Gasteiger partial charge on any atom is 0.160 e. The highest BCUT2D eigenvalue weighted by Gasteiger charge is 2.29. The molecule has 2 heterocycles. The summed E-state index contributed by atoms with van der Waals surface area (Å²) >= 11 is 0. The van der Waals surface area contributed by atoms with Crippen molar-refractivity contribution in [3.63, 3.8) is 0 Å². The zero-order valence-electron chi connectivity index (χ0n) is 11.7. The molecule has 1 aliphatic carbocycles. The number of hydrogen-bond donors (Lipinski definition) is 2. The van der Waals surface area contributed by atoms with Crippen LogP contribution in [0.5, 0.6) is 0 Å². The Morgan fingerprint density at radius 1 is 1.14 bits per heavy atom. The predicted octanol–water partition coefficient (Wildman–Crippen LogP) is 3.31. The van der Waals surface area contributed by atoms with Crippen molar-refractivity contribution >= 4 is 16.9 Å². The van der Waals surface area contributed by atoms with Gasteiger partial charge in [0.25, 0.3) is 0 Å². The highest BCUT2D eigenvalue weighted by atomic mass is 15.2.